The second-order valence-electron chi connectivity index (χ2n) is 6.15. The van der Waals surface area contributed by atoms with Gasteiger partial charge in [-0.25, -0.2) is 14.8 Å². The number of benzene rings is 2. The molecule has 0 spiro atoms. The van der Waals surface area contributed by atoms with Gasteiger partial charge in [0.05, 0.1) is 14.2 Å². The number of urea groups is 1. The number of nitrogens with zero attached hydrogens (tertiary/aromatic N) is 2. The standard InChI is InChI=1S/C21H23N5O3/c1-4-14-6-5-7-15(8-14)24-19-12-20(23-13-22-19)26-21(27)25-16-9-17(28-2)11-18(10-16)29-3/h5-13H,4H2,1-3H3,(H3,22,23,24,25,26,27). The zero-order valence-corrected chi connectivity index (χ0v) is 16.5. The van der Waals surface area contributed by atoms with E-state index < -0.39 is 6.03 Å². The van der Waals surface area contributed by atoms with Crippen molar-refractivity contribution in [2.45, 2.75) is 13.3 Å². The molecule has 29 heavy (non-hydrogen) atoms. The van der Waals surface area contributed by atoms with Gasteiger partial charge in [0.2, 0.25) is 0 Å². The van der Waals surface area contributed by atoms with Gasteiger partial charge in [-0.05, 0) is 24.1 Å². The number of hydrogen-bond donors (Lipinski definition) is 3. The molecule has 2 amide bonds. The first-order valence-corrected chi connectivity index (χ1v) is 9.08. The van der Waals surface area contributed by atoms with Crippen molar-refractivity contribution in [3.05, 3.63) is 60.4 Å². The number of ether oxygens (including phenoxy) is 2. The molecule has 0 aliphatic rings. The lowest BCUT2D eigenvalue weighted by molar-refractivity contribution is 0.262. The molecule has 8 nitrogen and oxygen atoms in total. The molecule has 0 fully saturated rings. The number of carbonyl (C=O) groups is 1. The molecular weight excluding hydrogens is 370 g/mol. The van der Waals surface area contributed by atoms with E-state index in [1.54, 1.807) is 38.5 Å². The molecule has 3 rings (SSSR count). The van der Waals surface area contributed by atoms with E-state index in [2.05, 4.69) is 45.0 Å². The summed E-state index contributed by atoms with van der Waals surface area (Å²) in [6.07, 6.45) is 2.33. The molecule has 0 aliphatic heterocycles. The van der Waals surface area contributed by atoms with Crippen molar-refractivity contribution >= 4 is 29.0 Å². The lowest BCUT2D eigenvalue weighted by Crippen LogP contribution is -2.20. The van der Waals surface area contributed by atoms with Gasteiger partial charge in [-0.3, -0.25) is 5.32 Å². The number of rotatable bonds is 7. The van der Waals surface area contributed by atoms with E-state index in [-0.39, 0.29) is 0 Å². The maximum absolute atomic E-state index is 12.3. The first-order chi connectivity index (χ1) is 14.1. The molecule has 150 valence electrons. The first-order valence-electron chi connectivity index (χ1n) is 9.08. The highest BCUT2D eigenvalue weighted by Crippen LogP contribution is 2.26. The van der Waals surface area contributed by atoms with Crippen molar-refractivity contribution in [1.29, 1.82) is 0 Å². The monoisotopic (exact) mass is 393 g/mol. The number of anilines is 4. The van der Waals surface area contributed by atoms with Crippen LogP contribution in [0.1, 0.15) is 12.5 Å². The molecule has 1 aromatic heterocycles. The minimum Gasteiger partial charge on any atom is -0.497 e. The molecule has 2 aromatic carbocycles. The van der Waals surface area contributed by atoms with Gasteiger partial charge in [-0.1, -0.05) is 19.1 Å². The minimum absolute atomic E-state index is 0.363. The van der Waals surface area contributed by atoms with E-state index in [1.807, 2.05) is 12.1 Å². The van der Waals surface area contributed by atoms with E-state index in [0.29, 0.717) is 28.8 Å². The molecular formula is C21H23N5O3. The van der Waals surface area contributed by atoms with Crippen LogP contribution in [0.4, 0.5) is 27.8 Å². The van der Waals surface area contributed by atoms with E-state index in [1.165, 1.54) is 11.9 Å². The zero-order chi connectivity index (χ0) is 20.6. The largest absolute Gasteiger partial charge is 0.497 e. The van der Waals surface area contributed by atoms with Gasteiger partial charge in [0.15, 0.2) is 0 Å². The molecule has 0 radical (unpaired) electrons. The Morgan fingerprint density at radius 3 is 2.31 bits per heavy atom. The van der Waals surface area contributed by atoms with Crippen LogP contribution in [0.3, 0.4) is 0 Å². The second-order valence-corrected chi connectivity index (χ2v) is 6.15. The molecule has 8 heteroatoms. The second kappa shape index (κ2) is 9.41. The highest BCUT2D eigenvalue weighted by molar-refractivity contribution is 5.99. The van der Waals surface area contributed by atoms with E-state index in [4.69, 9.17) is 9.47 Å². The van der Waals surface area contributed by atoms with Crippen molar-refractivity contribution in [3.63, 3.8) is 0 Å². The SMILES string of the molecule is CCc1cccc(Nc2cc(NC(=O)Nc3cc(OC)cc(OC)c3)ncn2)c1. The highest BCUT2D eigenvalue weighted by Gasteiger charge is 2.08. The van der Waals surface area contributed by atoms with Crippen LogP contribution >= 0.6 is 0 Å². The Kier molecular flexibility index (Phi) is 6.47. The van der Waals surface area contributed by atoms with Crippen molar-refractivity contribution < 1.29 is 14.3 Å². The molecule has 0 bridgehead atoms. The van der Waals surface area contributed by atoms with Gasteiger partial charge >= 0.3 is 6.03 Å². The van der Waals surface area contributed by atoms with Crippen LogP contribution in [0.15, 0.2) is 54.9 Å². The zero-order valence-electron chi connectivity index (χ0n) is 16.5. The summed E-state index contributed by atoms with van der Waals surface area (Å²) in [6.45, 7) is 2.10. The fraction of sp³-hybridized carbons (Fsp3) is 0.190. The van der Waals surface area contributed by atoms with E-state index >= 15 is 0 Å². The molecule has 0 unspecified atom stereocenters. The first kappa shape index (κ1) is 19.9. The van der Waals surface area contributed by atoms with Crippen LogP contribution < -0.4 is 25.4 Å². The smallest absolute Gasteiger partial charge is 0.324 e. The van der Waals surface area contributed by atoms with E-state index in [0.717, 1.165) is 12.1 Å². The third-order valence-electron chi connectivity index (χ3n) is 4.13. The summed E-state index contributed by atoms with van der Waals surface area (Å²) in [5.74, 6) is 2.08. The Labute approximate surface area is 169 Å². The van der Waals surface area contributed by atoms with Gasteiger partial charge in [0, 0.05) is 35.6 Å². The Balaban J connectivity index is 1.67. The highest BCUT2D eigenvalue weighted by atomic mass is 16.5. The fourth-order valence-corrected chi connectivity index (χ4v) is 2.67. The summed E-state index contributed by atoms with van der Waals surface area (Å²) in [6, 6.07) is 14.4. The summed E-state index contributed by atoms with van der Waals surface area (Å²) < 4.78 is 10.4. The predicted molar refractivity (Wildman–Crippen MR) is 113 cm³/mol. The number of hydrogen-bond acceptors (Lipinski definition) is 6. The van der Waals surface area contributed by atoms with Gasteiger partial charge in [-0.2, -0.15) is 0 Å². The van der Waals surface area contributed by atoms with Gasteiger partial charge < -0.3 is 20.1 Å². The third-order valence-corrected chi connectivity index (χ3v) is 4.13. The van der Waals surface area contributed by atoms with Crippen LogP contribution in [0.5, 0.6) is 11.5 Å². The average Bonchev–Trinajstić information content (AvgIpc) is 2.73. The molecule has 0 atom stereocenters. The molecule has 0 saturated carbocycles. The summed E-state index contributed by atoms with van der Waals surface area (Å²) in [4.78, 5) is 20.6. The maximum Gasteiger partial charge on any atom is 0.324 e. The van der Waals surface area contributed by atoms with Crippen LogP contribution in [0.2, 0.25) is 0 Å². The Morgan fingerprint density at radius 2 is 1.62 bits per heavy atom. The Morgan fingerprint density at radius 1 is 0.897 bits per heavy atom. The number of nitrogens with one attached hydrogen (secondary N) is 3. The quantitative estimate of drug-likeness (QED) is 0.549. The normalized spacial score (nSPS) is 10.2. The molecule has 1 heterocycles. The lowest BCUT2D eigenvalue weighted by atomic mass is 10.1. The van der Waals surface area contributed by atoms with Gasteiger partial charge in [0.1, 0.15) is 29.5 Å². The van der Waals surface area contributed by atoms with E-state index in [9.17, 15) is 4.79 Å². The number of amides is 2. The van der Waals surface area contributed by atoms with Gasteiger partial charge in [-0.15, -0.1) is 0 Å². The predicted octanol–water partition coefficient (Wildman–Crippen LogP) is 4.44. The third kappa shape index (κ3) is 5.58. The van der Waals surface area contributed by atoms with Crippen molar-refractivity contribution in [3.8, 4) is 11.5 Å². The van der Waals surface area contributed by atoms with Crippen molar-refractivity contribution in [1.82, 2.24) is 9.97 Å². The number of aryl methyl sites for hydroxylation is 1. The summed E-state index contributed by atoms with van der Waals surface area (Å²) in [7, 11) is 3.09. The fourth-order valence-electron chi connectivity index (χ4n) is 2.67. The van der Waals surface area contributed by atoms with Crippen molar-refractivity contribution in [2.24, 2.45) is 0 Å². The number of methoxy groups -OCH3 is 2. The topological polar surface area (TPSA) is 97.4 Å². The van der Waals surface area contributed by atoms with Crippen LogP contribution in [-0.2, 0) is 6.42 Å². The average molecular weight is 393 g/mol. The summed E-state index contributed by atoms with van der Waals surface area (Å²) in [5, 5.41) is 8.64. The molecule has 3 aromatic rings. The number of carbonyl (C=O) groups excluding carboxylic acids is 1. The van der Waals surface area contributed by atoms with Crippen molar-refractivity contribution in [2.75, 3.05) is 30.2 Å². The molecule has 0 aliphatic carbocycles. The molecule has 3 N–H and O–H groups in total. The lowest BCUT2D eigenvalue weighted by Gasteiger charge is -2.11. The van der Waals surface area contributed by atoms with Crippen LogP contribution in [0.25, 0.3) is 0 Å². The summed E-state index contributed by atoms with van der Waals surface area (Å²) in [5.41, 5.74) is 2.67. The number of aromatic nitrogens is 2. The Bertz CT molecular complexity index is 971. The molecule has 0 saturated heterocycles. The summed E-state index contributed by atoms with van der Waals surface area (Å²) >= 11 is 0. The minimum atomic E-state index is -0.446. The maximum atomic E-state index is 12.3. The van der Waals surface area contributed by atoms with Crippen LogP contribution in [-0.4, -0.2) is 30.2 Å². The van der Waals surface area contributed by atoms with Crippen LogP contribution in [0, 0.1) is 0 Å². The Hall–Kier alpha value is -3.81. The van der Waals surface area contributed by atoms with Gasteiger partial charge in [0.25, 0.3) is 0 Å².